The van der Waals surface area contributed by atoms with Crippen LogP contribution >= 0.6 is 0 Å². The molecule has 0 spiro atoms. The van der Waals surface area contributed by atoms with Crippen LogP contribution in [0.1, 0.15) is 12.6 Å². The monoisotopic (exact) mass is 266 g/mol. The van der Waals surface area contributed by atoms with Gasteiger partial charge in [-0.05, 0) is 12.1 Å². The van der Waals surface area contributed by atoms with Crippen molar-refractivity contribution >= 4 is 22.4 Å². The number of nitrogens with zero attached hydrogens (tertiary/aromatic N) is 2. The van der Waals surface area contributed by atoms with E-state index in [1.165, 1.54) is 0 Å². The van der Waals surface area contributed by atoms with Crippen LogP contribution in [-0.4, -0.2) is 30.4 Å². The van der Waals surface area contributed by atoms with Crippen LogP contribution in [-0.2, 0) is 21.3 Å². The zero-order valence-corrected chi connectivity index (χ0v) is 10.8. The highest BCUT2D eigenvalue weighted by Crippen LogP contribution is 2.08. The van der Waals surface area contributed by atoms with E-state index in [-0.39, 0.29) is 5.75 Å². The highest BCUT2D eigenvalue weighted by atomic mass is 32.2. The fourth-order valence-electron chi connectivity index (χ4n) is 1.63. The number of hydrogen-bond acceptors (Lipinski definition) is 3. The average Bonchev–Trinajstić information content (AvgIpc) is 2.70. The van der Waals surface area contributed by atoms with Crippen molar-refractivity contribution in [2.75, 3.05) is 5.75 Å². The van der Waals surface area contributed by atoms with Crippen molar-refractivity contribution in [2.24, 2.45) is 5.92 Å². The van der Waals surface area contributed by atoms with E-state index in [0.29, 0.717) is 5.75 Å². The second-order valence-electron chi connectivity index (χ2n) is 4.19. The molecule has 0 radical (unpaired) electrons. The number of hydrogen-bond donors (Lipinski definition) is 1. The molecular weight excluding hydrogens is 252 g/mol. The predicted octanol–water partition coefficient (Wildman–Crippen LogP) is 1.30. The van der Waals surface area contributed by atoms with E-state index in [4.69, 9.17) is 5.11 Å². The van der Waals surface area contributed by atoms with Gasteiger partial charge in [0.25, 0.3) is 0 Å². The maximum Gasteiger partial charge on any atom is 0.307 e. The lowest BCUT2D eigenvalue weighted by Gasteiger charge is -2.04. The minimum Gasteiger partial charge on any atom is -0.481 e. The summed E-state index contributed by atoms with van der Waals surface area (Å²) in [4.78, 5) is 15.0. The van der Waals surface area contributed by atoms with Crippen LogP contribution < -0.4 is 0 Å². The Kier molecular flexibility index (Phi) is 3.76. The Morgan fingerprint density at radius 2 is 2.33 bits per heavy atom. The van der Waals surface area contributed by atoms with Gasteiger partial charge in [0.15, 0.2) is 0 Å². The molecule has 2 unspecified atom stereocenters. The molecule has 2 atom stereocenters. The molecule has 0 aromatic carbocycles. The molecule has 1 N–H and O–H groups in total. The van der Waals surface area contributed by atoms with Gasteiger partial charge in [-0.15, -0.1) is 0 Å². The Morgan fingerprint density at radius 1 is 1.56 bits per heavy atom. The van der Waals surface area contributed by atoms with Crippen LogP contribution in [0.15, 0.2) is 30.6 Å². The molecule has 2 aromatic heterocycles. The minimum atomic E-state index is -1.21. The number of pyridine rings is 1. The van der Waals surface area contributed by atoms with Crippen molar-refractivity contribution in [2.45, 2.75) is 12.7 Å². The van der Waals surface area contributed by atoms with Crippen molar-refractivity contribution in [1.29, 1.82) is 0 Å². The van der Waals surface area contributed by atoms with Gasteiger partial charge >= 0.3 is 5.97 Å². The Balaban J connectivity index is 2.05. The second-order valence-corrected chi connectivity index (χ2v) is 5.69. The summed E-state index contributed by atoms with van der Waals surface area (Å²) in [5.74, 6) is -1.07. The molecule has 0 amide bonds. The van der Waals surface area contributed by atoms with Crippen molar-refractivity contribution in [3.05, 3.63) is 36.3 Å². The van der Waals surface area contributed by atoms with Gasteiger partial charge in [-0.3, -0.25) is 9.00 Å². The maximum absolute atomic E-state index is 11.8. The van der Waals surface area contributed by atoms with Crippen molar-refractivity contribution in [3.8, 4) is 0 Å². The lowest BCUT2D eigenvalue weighted by molar-refractivity contribution is -0.140. The summed E-state index contributed by atoms with van der Waals surface area (Å²) in [6.07, 6.45) is 3.69. The summed E-state index contributed by atoms with van der Waals surface area (Å²) < 4.78 is 13.7. The van der Waals surface area contributed by atoms with E-state index in [9.17, 15) is 9.00 Å². The van der Waals surface area contributed by atoms with Gasteiger partial charge in [-0.25, -0.2) is 4.98 Å². The van der Waals surface area contributed by atoms with Crippen LogP contribution in [0.4, 0.5) is 0 Å². The standard InChI is InChI=1S/C12H14N2O3S/c1-9(12(15)16)7-18(17)8-10-6-14-5-3-2-4-11(14)13-10/h2-6,9H,7-8H2,1H3,(H,15,16). The first-order valence-corrected chi connectivity index (χ1v) is 7.05. The van der Waals surface area contributed by atoms with Crippen LogP contribution in [0.5, 0.6) is 0 Å². The van der Waals surface area contributed by atoms with Crippen LogP contribution in [0.2, 0.25) is 0 Å². The molecule has 2 rings (SSSR count). The molecule has 0 saturated heterocycles. The highest BCUT2D eigenvalue weighted by molar-refractivity contribution is 7.84. The van der Waals surface area contributed by atoms with Gasteiger partial charge in [-0.1, -0.05) is 13.0 Å². The first kappa shape index (κ1) is 12.8. The number of imidazole rings is 1. The highest BCUT2D eigenvalue weighted by Gasteiger charge is 2.15. The lowest BCUT2D eigenvalue weighted by atomic mass is 10.2. The molecular formula is C12H14N2O3S. The van der Waals surface area contributed by atoms with Crippen molar-refractivity contribution in [3.63, 3.8) is 0 Å². The first-order valence-electron chi connectivity index (χ1n) is 5.56. The second kappa shape index (κ2) is 5.30. The van der Waals surface area contributed by atoms with E-state index < -0.39 is 22.7 Å². The third-order valence-electron chi connectivity index (χ3n) is 2.58. The number of aromatic nitrogens is 2. The summed E-state index contributed by atoms with van der Waals surface area (Å²) in [7, 11) is -1.21. The molecule has 0 saturated carbocycles. The molecule has 6 heteroatoms. The number of aliphatic carboxylic acids is 1. The van der Waals surface area contributed by atoms with Crippen molar-refractivity contribution < 1.29 is 14.1 Å². The summed E-state index contributed by atoms with van der Waals surface area (Å²) in [6, 6.07) is 5.64. The molecule has 2 heterocycles. The zero-order valence-electron chi connectivity index (χ0n) is 9.94. The average molecular weight is 266 g/mol. The molecule has 2 aromatic rings. The van der Waals surface area contributed by atoms with Crippen LogP contribution in [0.25, 0.3) is 5.65 Å². The topological polar surface area (TPSA) is 71.7 Å². The van der Waals surface area contributed by atoms with Crippen molar-refractivity contribution in [1.82, 2.24) is 9.38 Å². The van der Waals surface area contributed by atoms with Crippen LogP contribution in [0, 0.1) is 5.92 Å². The number of fused-ring (bicyclic) bond motifs is 1. The normalized spacial score (nSPS) is 14.5. The third kappa shape index (κ3) is 2.95. The Bertz CT molecular complexity index is 561. The number of carbonyl (C=O) groups is 1. The zero-order chi connectivity index (χ0) is 13.1. The number of carboxylic acid groups (broad SMARTS) is 1. The lowest BCUT2D eigenvalue weighted by Crippen LogP contribution is -2.18. The number of rotatable bonds is 5. The molecule has 0 aliphatic rings. The summed E-state index contributed by atoms with van der Waals surface area (Å²) in [5, 5.41) is 8.76. The summed E-state index contributed by atoms with van der Waals surface area (Å²) in [6.45, 7) is 1.56. The van der Waals surface area contributed by atoms with Gasteiger partial charge in [0.1, 0.15) is 5.65 Å². The minimum absolute atomic E-state index is 0.156. The van der Waals surface area contributed by atoms with Gasteiger partial charge in [0.05, 0.1) is 17.4 Å². The van der Waals surface area contributed by atoms with Gasteiger partial charge in [-0.2, -0.15) is 0 Å². The Morgan fingerprint density at radius 3 is 3.00 bits per heavy atom. The summed E-state index contributed by atoms with van der Waals surface area (Å²) in [5.41, 5.74) is 1.52. The molecule has 0 aliphatic heterocycles. The smallest absolute Gasteiger partial charge is 0.307 e. The SMILES string of the molecule is CC(CS(=O)Cc1cn2ccccc2n1)C(=O)O. The van der Waals surface area contributed by atoms with E-state index in [1.807, 2.05) is 35.0 Å². The molecule has 0 aliphatic carbocycles. The third-order valence-corrected chi connectivity index (χ3v) is 4.07. The van der Waals surface area contributed by atoms with E-state index >= 15 is 0 Å². The molecule has 96 valence electrons. The molecule has 0 fully saturated rings. The maximum atomic E-state index is 11.8. The van der Waals surface area contributed by atoms with Gasteiger partial charge in [0.2, 0.25) is 0 Å². The predicted molar refractivity (Wildman–Crippen MR) is 68.7 cm³/mol. The van der Waals surface area contributed by atoms with Gasteiger partial charge < -0.3 is 9.51 Å². The van der Waals surface area contributed by atoms with E-state index in [1.54, 1.807) is 6.92 Å². The van der Waals surface area contributed by atoms with Crippen LogP contribution in [0.3, 0.4) is 0 Å². The fourth-order valence-corrected chi connectivity index (χ4v) is 2.92. The largest absolute Gasteiger partial charge is 0.481 e. The number of carboxylic acids is 1. The molecule has 18 heavy (non-hydrogen) atoms. The van der Waals surface area contributed by atoms with E-state index in [2.05, 4.69) is 4.98 Å². The molecule has 5 nitrogen and oxygen atoms in total. The molecule has 0 bridgehead atoms. The summed E-state index contributed by atoms with van der Waals surface area (Å²) >= 11 is 0. The first-order chi connectivity index (χ1) is 8.56. The van der Waals surface area contributed by atoms with E-state index in [0.717, 1.165) is 11.3 Å². The van der Waals surface area contributed by atoms with Gasteiger partial charge in [0, 0.05) is 28.9 Å². The quantitative estimate of drug-likeness (QED) is 0.885. The fraction of sp³-hybridized carbons (Fsp3) is 0.333. The Hall–Kier alpha value is -1.69. The Labute approximate surface area is 107 Å².